The summed E-state index contributed by atoms with van der Waals surface area (Å²) in [6.45, 7) is 1.90. The molecule has 1 aromatic carbocycles. The highest BCUT2D eigenvalue weighted by Crippen LogP contribution is 2.18. The number of hydrogen-bond acceptors (Lipinski definition) is 2. The van der Waals surface area contributed by atoms with E-state index in [-0.39, 0.29) is 11.9 Å². The van der Waals surface area contributed by atoms with Gasteiger partial charge >= 0.3 is 0 Å². The zero-order valence-electron chi connectivity index (χ0n) is 9.73. The molecule has 0 saturated heterocycles. The van der Waals surface area contributed by atoms with Crippen molar-refractivity contribution in [1.29, 1.82) is 0 Å². The Balaban J connectivity index is 2.16. The summed E-state index contributed by atoms with van der Waals surface area (Å²) in [5, 5.41) is 0. The van der Waals surface area contributed by atoms with E-state index in [9.17, 15) is 4.39 Å². The normalized spacial score (nSPS) is 12.4. The lowest BCUT2D eigenvalue weighted by atomic mass is 9.98. The number of hydrogen-bond donors (Lipinski definition) is 1. The Morgan fingerprint density at radius 1 is 1.35 bits per heavy atom. The molecule has 2 rings (SSSR count). The van der Waals surface area contributed by atoms with Crippen molar-refractivity contribution in [2.75, 3.05) is 0 Å². The number of aryl methyl sites for hydroxylation is 1. The van der Waals surface area contributed by atoms with Crippen LogP contribution in [0.5, 0.6) is 0 Å². The molecule has 2 N–H and O–H groups in total. The number of pyridine rings is 1. The summed E-state index contributed by atoms with van der Waals surface area (Å²) < 4.78 is 13.0. The molecule has 0 radical (unpaired) electrons. The van der Waals surface area contributed by atoms with Gasteiger partial charge in [0, 0.05) is 18.4 Å². The van der Waals surface area contributed by atoms with Crippen molar-refractivity contribution in [1.82, 2.24) is 4.98 Å². The molecule has 1 heterocycles. The molecule has 0 aliphatic heterocycles. The van der Waals surface area contributed by atoms with E-state index in [1.807, 2.05) is 19.1 Å². The van der Waals surface area contributed by atoms with Gasteiger partial charge in [-0.1, -0.05) is 12.1 Å². The van der Waals surface area contributed by atoms with Crippen LogP contribution in [-0.2, 0) is 6.42 Å². The van der Waals surface area contributed by atoms with Crippen LogP contribution < -0.4 is 5.73 Å². The van der Waals surface area contributed by atoms with Crippen LogP contribution in [0.4, 0.5) is 4.39 Å². The second-order valence-electron chi connectivity index (χ2n) is 4.17. The molecule has 0 spiro atoms. The Kier molecular flexibility index (Phi) is 3.49. The number of nitrogens with two attached hydrogens (primary N) is 1. The van der Waals surface area contributed by atoms with Gasteiger partial charge in [0.2, 0.25) is 0 Å². The van der Waals surface area contributed by atoms with Gasteiger partial charge in [0.05, 0.1) is 0 Å². The summed E-state index contributed by atoms with van der Waals surface area (Å²) in [7, 11) is 0. The maximum atomic E-state index is 13.0. The number of aromatic nitrogens is 1. The maximum Gasteiger partial charge on any atom is 0.123 e. The highest BCUT2D eigenvalue weighted by atomic mass is 19.1. The first kappa shape index (κ1) is 11.7. The zero-order valence-corrected chi connectivity index (χ0v) is 9.73. The molecule has 2 aromatic rings. The SMILES string of the molecule is Cc1cc(F)ccc1CC(N)c1cccnc1. The van der Waals surface area contributed by atoms with Crippen molar-refractivity contribution in [2.45, 2.75) is 19.4 Å². The zero-order chi connectivity index (χ0) is 12.3. The summed E-state index contributed by atoms with van der Waals surface area (Å²) in [4.78, 5) is 4.04. The molecule has 0 amide bonds. The molecule has 0 bridgehead atoms. The Morgan fingerprint density at radius 3 is 2.82 bits per heavy atom. The van der Waals surface area contributed by atoms with E-state index in [1.54, 1.807) is 18.5 Å². The summed E-state index contributed by atoms with van der Waals surface area (Å²) in [6.07, 6.45) is 4.18. The molecular weight excluding hydrogens is 215 g/mol. The fraction of sp³-hybridized carbons (Fsp3) is 0.214. The Morgan fingerprint density at radius 2 is 2.18 bits per heavy atom. The van der Waals surface area contributed by atoms with Gasteiger partial charge < -0.3 is 5.73 Å². The van der Waals surface area contributed by atoms with Gasteiger partial charge in [0.1, 0.15) is 5.82 Å². The quantitative estimate of drug-likeness (QED) is 0.880. The lowest BCUT2D eigenvalue weighted by Gasteiger charge is -2.13. The third-order valence-corrected chi connectivity index (χ3v) is 2.86. The number of benzene rings is 1. The molecule has 0 aliphatic carbocycles. The van der Waals surface area contributed by atoms with Crippen LogP contribution in [0.25, 0.3) is 0 Å². The smallest absolute Gasteiger partial charge is 0.123 e. The Labute approximate surface area is 100 Å². The van der Waals surface area contributed by atoms with Crippen LogP contribution in [0.2, 0.25) is 0 Å². The van der Waals surface area contributed by atoms with Crippen LogP contribution >= 0.6 is 0 Å². The summed E-state index contributed by atoms with van der Waals surface area (Å²) >= 11 is 0. The highest BCUT2D eigenvalue weighted by molar-refractivity contribution is 5.29. The topological polar surface area (TPSA) is 38.9 Å². The first-order valence-electron chi connectivity index (χ1n) is 5.57. The van der Waals surface area contributed by atoms with Gasteiger partial charge in [-0.25, -0.2) is 4.39 Å². The van der Waals surface area contributed by atoms with E-state index in [0.29, 0.717) is 6.42 Å². The molecule has 0 saturated carbocycles. The number of rotatable bonds is 3. The monoisotopic (exact) mass is 230 g/mol. The van der Waals surface area contributed by atoms with Gasteiger partial charge in [-0.2, -0.15) is 0 Å². The van der Waals surface area contributed by atoms with Gasteiger partial charge in [0.15, 0.2) is 0 Å². The van der Waals surface area contributed by atoms with Gasteiger partial charge in [-0.3, -0.25) is 4.98 Å². The standard InChI is InChI=1S/C14H15FN2/c1-10-7-13(15)5-4-11(10)8-14(16)12-3-2-6-17-9-12/h2-7,9,14H,8,16H2,1H3. The van der Waals surface area contributed by atoms with Crippen molar-refractivity contribution < 1.29 is 4.39 Å². The fourth-order valence-corrected chi connectivity index (χ4v) is 1.84. The van der Waals surface area contributed by atoms with Crippen molar-refractivity contribution in [3.63, 3.8) is 0 Å². The van der Waals surface area contributed by atoms with E-state index in [2.05, 4.69) is 4.98 Å². The lowest BCUT2D eigenvalue weighted by Crippen LogP contribution is -2.14. The van der Waals surface area contributed by atoms with Crippen molar-refractivity contribution in [3.8, 4) is 0 Å². The molecule has 3 heteroatoms. The molecule has 88 valence electrons. The van der Waals surface area contributed by atoms with E-state index in [0.717, 1.165) is 16.7 Å². The largest absolute Gasteiger partial charge is 0.324 e. The first-order valence-corrected chi connectivity index (χ1v) is 5.57. The molecule has 2 nitrogen and oxygen atoms in total. The summed E-state index contributed by atoms with van der Waals surface area (Å²) in [6, 6.07) is 8.51. The van der Waals surface area contributed by atoms with Crippen molar-refractivity contribution >= 4 is 0 Å². The van der Waals surface area contributed by atoms with Gasteiger partial charge in [-0.05, 0) is 48.2 Å². The maximum absolute atomic E-state index is 13.0. The van der Waals surface area contributed by atoms with E-state index >= 15 is 0 Å². The second-order valence-corrected chi connectivity index (χ2v) is 4.17. The predicted octanol–water partition coefficient (Wildman–Crippen LogP) is 2.77. The van der Waals surface area contributed by atoms with Crippen molar-refractivity contribution in [2.24, 2.45) is 5.73 Å². The minimum atomic E-state index is -0.207. The lowest BCUT2D eigenvalue weighted by molar-refractivity contribution is 0.623. The molecule has 1 unspecified atom stereocenters. The van der Waals surface area contributed by atoms with E-state index in [1.165, 1.54) is 12.1 Å². The minimum Gasteiger partial charge on any atom is -0.324 e. The fourth-order valence-electron chi connectivity index (χ4n) is 1.84. The highest BCUT2D eigenvalue weighted by Gasteiger charge is 2.09. The molecule has 0 aliphatic rings. The third kappa shape index (κ3) is 2.88. The van der Waals surface area contributed by atoms with E-state index < -0.39 is 0 Å². The Bertz CT molecular complexity index is 497. The summed E-state index contributed by atoms with van der Waals surface area (Å²) in [5.74, 6) is -0.207. The minimum absolute atomic E-state index is 0.104. The average molecular weight is 230 g/mol. The second kappa shape index (κ2) is 5.06. The van der Waals surface area contributed by atoms with Crippen LogP contribution in [0, 0.1) is 12.7 Å². The molecule has 1 aromatic heterocycles. The third-order valence-electron chi connectivity index (χ3n) is 2.86. The van der Waals surface area contributed by atoms with Crippen LogP contribution in [0.1, 0.15) is 22.7 Å². The van der Waals surface area contributed by atoms with Crippen LogP contribution in [0.3, 0.4) is 0 Å². The first-order chi connectivity index (χ1) is 8.16. The number of nitrogens with zero attached hydrogens (tertiary/aromatic N) is 1. The Hall–Kier alpha value is -1.74. The molecule has 1 atom stereocenters. The molecule has 0 fully saturated rings. The van der Waals surface area contributed by atoms with Gasteiger partial charge in [-0.15, -0.1) is 0 Å². The molecular formula is C14H15FN2. The van der Waals surface area contributed by atoms with Crippen molar-refractivity contribution in [3.05, 3.63) is 65.2 Å². The number of halogens is 1. The summed E-state index contributed by atoms with van der Waals surface area (Å²) in [5.41, 5.74) is 9.10. The van der Waals surface area contributed by atoms with Crippen LogP contribution in [0.15, 0.2) is 42.7 Å². The predicted molar refractivity (Wildman–Crippen MR) is 66.0 cm³/mol. The van der Waals surface area contributed by atoms with Gasteiger partial charge in [0.25, 0.3) is 0 Å². The molecule has 17 heavy (non-hydrogen) atoms. The van der Waals surface area contributed by atoms with Crippen LogP contribution in [-0.4, -0.2) is 4.98 Å². The average Bonchev–Trinajstić information content (AvgIpc) is 2.34. The van der Waals surface area contributed by atoms with E-state index in [4.69, 9.17) is 5.73 Å².